The number of hydrogen-bond acceptors (Lipinski definition) is 2. The number of sulfone groups is 1. The Labute approximate surface area is 123 Å². The van der Waals surface area contributed by atoms with E-state index in [9.17, 15) is 8.42 Å². The lowest BCUT2D eigenvalue weighted by Gasteiger charge is -2.14. The Kier molecular flexibility index (Phi) is 6.47. The second-order valence-electron chi connectivity index (χ2n) is 5.38. The van der Waals surface area contributed by atoms with Gasteiger partial charge >= 0.3 is 0 Å². The number of hydrogen-bond donors (Lipinski definition) is 0. The SMILES string of the molecule is CC/C=C\CC(CC)c1ccc(S(=O)(=O)C(C)C)cc1. The Morgan fingerprint density at radius 2 is 1.65 bits per heavy atom. The molecule has 0 N–H and O–H groups in total. The van der Waals surface area contributed by atoms with Gasteiger partial charge in [-0.1, -0.05) is 38.1 Å². The summed E-state index contributed by atoms with van der Waals surface area (Å²) in [4.78, 5) is 0.426. The highest BCUT2D eigenvalue weighted by atomic mass is 32.2. The molecule has 0 aliphatic carbocycles. The summed E-state index contributed by atoms with van der Waals surface area (Å²) in [5.41, 5.74) is 1.22. The number of allylic oxidation sites excluding steroid dienone is 2. The van der Waals surface area contributed by atoms with Gasteiger partial charge in [0.1, 0.15) is 0 Å². The predicted molar refractivity (Wildman–Crippen MR) is 85.8 cm³/mol. The van der Waals surface area contributed by atoms with Gasteiger partial charge in [0.25, 0.3) is 0 Å². The molecule has 0 amide bonds. The van der Waals surface area contributed by atoms with E-state index in [0.29, 0.717) is 10.8 Å². The van der Waals surface area contributed by atoms with Gasteiger partial charge in [0.05, 0.1) is 10.1 Å². The third kappa shape index (κ3) is 4.20. The third-order valence-corrected chi connectivity index (χ3v) is 5.79. The van der Waals surface area contributed by atoms with Crippen molar-refractivity contribution in [1.29, 1.82) is 0 Å². The van der Waals surface area contributed by atoms with E-state index in [2.05, 4.69) is 26.0 Å². The summed E-state index contributed by atoms with van der Waals surface area (Å²) in [5.74, 6) is 0.466. The van der Waals surface area contributed by atoms with Crippen LogP contribution in [0.2, 0.25) is 0 Å². The van der Waals surface area contributed by atoms with Crippen molar-refractivity contribution < 1.29 is 8.42 Å². The van der Waals surface area contributed by atoms with E-state index in [-0.39, 0.29) is 5.25 Å². The summed E-state index contributed by atoms with van der Waals surface area (Å²) >= 11 is 0. The van der Waals surface area contributed by atoms with Crippen LogP contribution in [-0.4, -0.2) is 13.7 Å². The second-order valence-corrected chi connectivity index (χ2v) is 7.89. The van der Waals surface area contributed by atoms with Crippen molar-refractivity contribution >= 4 is 9.84 Å². The van der Waals surface area contributed by atoms with Gasteiger partial charge in [-0.05, 0) is 56.7 Å². The minimum absolute atomic E-state index is 0.372. The molecule has 0 radical (unpaired) electrons. The summed E-state index contributed by atoms with van der Waals surface area (Å²) in [5, 5.41) is -0.372. The summed E-state index contributed by atoms with van der Waals surface area (Å²) < 4.78 is 24.2. The highest BCUT2D eigenvalue weighted by Gasteiger charge is 2.19. The molecule has 1 unspecified atom stereocenters. The lowest BCUT2D eigenvalue weighted by atomic mass is 9.93. The fourth-order valence-electron chi connectivity index (χ4n) is 2.17. The normalized spacial score (nSPS) is 14.1. The van der Waals surface area contributed by atoms with Gasteiger partial charge in [-0.15, -0.1) is 0 Å². The van der Waals surface area contributed by atoms with Crippen LogP contribution in [0.3, 0.4) is 0 Å². The topological polar surface area (TPSA) is 34.1 Å². The maximum Gasteiger partial charge on any atom is 0.180 e. The zero-order valence-corrected chi connectivity index (χ0v) is 13.8. The lowest BCUT2D eigenvalue weighted by molar-refractivity contribution is 0.587. The lowest BCUT2D eigenvalue weighted by Crippen LogP contribution is -2.14. The van der Waals surface area contributed by atoms with E-state index in [4.69, 9.17) is 0 Å². The minimum atomic E-state index is -3.16. The molecule has 0 aliphatic rings. The third-order valence-electron chi connectivity index (χ3n) is 3.62. The molecule has 20 heavy (non-hydrogen) atoms. The number of rotatable bonds is 7. The van der Waals surface area contributed by atoms with Gasteiger partial charge in [0.2, 0.25) is 0 Å². The van der Waals surface area contributed by atoms with Gasteiger partial charge in [0.15, 0.2) is 9.84 Å². The van der Waals surface area contributed by atoms with E-state index >= 15 is 0 Å². The fourth-order valence-corrected chi connectivity index (χ4v) is 3.23. The van der Waals surface area contributed by atoms with Crippen molar-refractivity contribution in [3.05, 3.63) is 42.0 Å². The van der Waals surface area contributed by atoms with Crippen LogP contribution in [0.25, 0.3) is 0 Å². The van der Waals surface area contributed by atoms with Crippen molar-refractivity contribution in [2.24, 2.45) is 0 Å². The predicted octanol–water partition coefficient (Wildman–Crippen LogP) is 4.72. The molecule has 1 aromatic rings. The van der Waals surface area contributed by atoms with Crippen LogP contribution in [0.4, 0.5) is 0 Å². The first kappa shape index (κ1) is 17.0. The second kappa shape index (κ2) is 7.63. The van der Waals surface area contributed by atoms with E-state index in [1.807, 2.05) is 12.1 Å². The average molecular weight is 294 g/mol. The molecule has 0 bridgehead atoms. The van der Waals surface area contributed by atoms with Crippen LogP contribution in [0, 0.1) is 0 Å². The first-order valence-electron chi connectivity index (χ1n) is 7.42. The molecule has 0 saturated carbocycles. The maximum absolute atomic E-state index is 12.1. The van der Waals surface area contributed by atoms with Crippen LogP contribution in [0.1, 0.15) is 58.4 Å². The molecule has 3 heteroatoms. The molecule has 0 spiro atoms. The molecule has 1 aromatic carbocycles. The molecule has 1 rings (SSSR count). The van der Waals surface area contributed by atoms with Gasteiger partial charge in [-0.3, -0.25) is 0 Å². The standard InChI is InChI=1S/C17H26O2S/c1-5-7-8-9-15(6-2)16-10-12-17(13-11-16)20(18,19)14(3)4/h7-8,10-15H,5-6,9H2,1-4H3/b8-7-. The highest BCUT2D eigenvalue weighted by molar-refractivity contribution is 7.92. The molecule has 0 saturated heterocycles. The van der Waals surface area contributed by atoms with E-state index in [0.717, 1.165) is 19.3 Å². The first-order valence-corrected chi connectivity index (χ1v) is 8.96. The maximum atomic E-state index is 12.1. The Bertz CT molecular complexity index is 525. The van der Waals surface area contributed by atoms with Gasteiger partial charge in [-0.25, -0.2) is 8.42 Å². The quantitative estimate of drug-likeness (QED) is 0.682. The molecule has 0 aliphatic heterocycles. The van der Waals surface area contributed by atoms with Crippen molar-refractivity contribution in [3.8, 4) is 0 Å². The summed E-state index contributed by atoms with van der Waals surface area (Å²) in [7, 11) is -3.16. The molecule has 2 nitrogen and oxygen atoms in total. The Morgan fingerprint density at radius 1 is 1.05 bits per heavy atom. The van der Waals surface area contributed by atoms with Gasteiger partial charge < -0.3 is 0 Å². The first-order chi connectivity index (χ1) is 9.43. The summed E-state index contributed by atoms with van der Waals surface area (Å²) in [6.07, 6.45) is 7.53. The van der Waals surface area contributed by atoms with Crippen molar-refractivity contribution in [2.45, 2.75) is 63.0 Å². The average Bonchev–Trinajstić information content (AvgIpc) is 2.44. The van der Waals surface area contributed by atoms with E-state index < -0.39 is 9.84 Å². The summed E-state index contributed by atoms with van der Waals surface area (Å²) in [6, 6.07) is 7.42. The minimum Gasteiger partial charge on any atom is -0.223 e. The molecule has 0 heterocycles. The molecule has 0 fully saturated rings. The fraction of sp³-hybridized carbons (Fsp3) is 0.529. The molecular weight excluding hydrogens is 268 g/mol. The van der Waals surface area contributed by atoms with Crippen LogP contribution in [-0.2, 0) is 9.84 Å². The van der Waals surface area contributed by atoms with Gasteiger partial charge in [-0.2, -0.15) is 0 Å². The smallest absolute Gasteiger partial charge is 0.180 e. The molecule has 1 atom stereocenters. The number of benzene rings is 1. The van der Waals surface area contributed by atoms with Crippen molar-refractivity contribution in [3.63, 3.8) is 0 Å². The largest absolute Gasteiger partial charge is 0.223 e. The monoisotopic (exact) mass is 294 g/mol. The van der Waals surface area contributed by atoms with E-state index in [1.54, 1.807) is 26.0 Å². The zero-order chi connectivity index (χ0) is 15.2. The van der Waals surface area contributed by atoms with Crippen LogP contribution < -0.4 is 0 Å². The highest BCUT2D eigenvalue weighted by Crippen LogP contribution is 2.26. The van der Waals surface area contributed by atoms with Crippen molar-refractivity contribution in [2.75, 3.05) is 0 Å². The summed E-state index contributed by atoms with van der Waals surface area (Å²) in [6.45, 7) is 7.73. The van der Waals surface area contributed by atoms with Gasteiger partial charge in [0, 0.05) is 0 Å². The zero-order valence-electron chi connectivity index (χ0n) is 13.0. The van der Waals surface area contributed by atoms with Crippen molar-refractivity contribution in [1.82, 2.24) is 0 Å². The van der Waals surface area contributed by atoms with Crippen LogP contribution in [0.15, 0.2) is 41.3 Å². The Balaban J connectivity index is 2.92. The van der Waals surface area contributed by atoms with Crippen LogP contribution in [0.5, 0.6) is 0 Å². The molecule has 0 aromatic heterocycles. The Morgan fingerprint density at radius 3 is 2.10 bits per heavy atom. The van der Waals surface area contributed by atoms with Crippen LogP contribution >= 0.6 is 0 Å². The van der Waals surface area contributed by atoms with E-state index in [1.165, 1.54) is 5.56 Å². The molecular formula is C17H26O2S. The molecule has 112 valence electrons. The Hall–Kier alpha value is -1.09.